The van der Waals surface area contributed by atoms with E-state index in [9.17, 15) is 0 Å². The zero-order valence-corrected chi connectivity index (χ0v) is 13.3. The number of guanidine groups is 1. The lowest BCUT2D eigenvalue weighted by atomic mass is 10.2. The van der Waals surface area contributed by atoms with E-state index in [4.69, 9.17) is 10.5 Å². The number of ether oxygens (including phenoxy) is 1. The molecule has 7 heteroatoms. The molecule has 2 heterocycles. The van der Waals surface area contributed by atoms with Crippen LogP contribution in [0.5, 0.6) is 5.75 Å². The van der Waals surface area contributed by atoms with Gasteiger partial charge in [0.1, 0.15) is 18.1 Å². The number of aliphatic imine (C=N–C) groups is 1. The van der Waals surface area contributed by atoms with Crippen LogP contribution in [0.4, 0.5) is 5.69 Å². The smallest absolute Gasteiger partial charge is 0.193 e. The molecule has 1 aliphatic heterocycles. The molecule has 0 aliphatic carbocycles. The highest BCUT2D eigenvalue weighted by Crippen LogP contribution is 2.16. The molecule has 1 aromatic heterocycles. The van der Waals surface area contributed by atoms with Crippen molar-refractivity contribution in [1.29, 1.82) is 0 Å². The van der Waals surface area contributed by atoms with Crippen molar-refractivity contribution in [2.45, 2.75) is 38.8 Å². The van der Waals surface area contributed by atoms with E-state index in [1.165, 1.54) is 19.3 Å². The SMILES string of the molecule is COc1ccc(NC(N)=NCc2nnc3n2CCCCC3)cc1. The maximum atomic E-state index is 5.95. The molecule has 1 aromatic carbocycles. The quantitative estimate of drug-likeness (QED) is 0.665. The first-order valence-electron chi connectivity index (χ1n) is 7.88. The predicted octanol–water partition coefficient (Wildman–Crippen LogP) is 1.94. The van der Waals surface area contributed by atoms with Crippen LogP contribution in [-0.2, 0) is 19.5 Å². The van der Waals surface area contributed by atoms with Gasteiger partial charge >= 0.3 is 0 Å². The highest BCUT2D eigenvalue weighted by molar-refractivity contribution is 5.92. The average Bonchev–Trinajstić information content (AvgIpc) is 2.80. The highest BCUT2D eigenvalue weighted by atomic mass is 16.5. The Hall–Kier alpha value is -2.57. The van der Waals surface area contributed by atoms with Crippen LogP contribution in [0.15, 0.2) is 29.3 Å². The van der Waals surface area contributed by atoms with E-state index >= 15 is 0 Å². The molecule has 1 aliphatic rings. The summed E-state index contributed by atoms with van der Waals surface area (Å²) in [5.74, 6) is 3.11. The van der Waals surface area contributed by atoms with E-state index in [0.29, 0.717) is 12.5 Å². The molecule has 0 radical (unpaired) electrons. The third kappa shape index (κ3) is 3.80. The van der Waals surface area contributed by atoms with E-state index in [-0.39, 0.29) is 0 Å². The number of nitrogens with one attached hydrogen (secondary N) is 1. The summed E-state index contributed by atoms with van der Waals surface area (Å²) in [6.07, 6.45) is 4.59. The minimum Gasteiger partial charge on any atom is -0.497 e. The van der Waals surface area contributed by atoms with Gasteiger partial charge in [0.2, 0.25) is 0 Å². The summed E-state index contributed by atoms with van der Waals surface area (Å²) in [4.78, 5) is 4.37. The molecule has 0 fully saturated rings. The van der Waals surface area contributed by atoms with E-state index in [1.807, 2.05) is 24.3 Å². The zero-order valence-electron chi connectivity index (χ0n) is 13.3. The van der Waals surface area contributed by atoms with Crippen molar-refractivity contribution < 1.29 is 4.74 Å². The summed E-state index contributed by atoms with van der Waals surface area (Å²) >= 11 is 0. The number of fused-ring (bicyclic) bond motifs is 1. The molecular weight excluding hydrogens is 292 g/mol. The van der Waals surface area contributed by atoms with Crippen molar-refractivity contribution >= 4 is 11.6 Å². The van der Waals surface area contributed by atoms with Gasteiger partial charge in [-0.3, -0.25) is 0 Å². The molecule has 0 unspecified atom stereocenters. The minimum absolute atomic E-state index is 0.362. The number of hydrogen-bond donors (Lipinski definition) is 2. The number of hydrogen-bond acceptors (Lipinski definition) is 4. The third-order valence-corrected chi connectivity index (χ3v) is 3.94. The van der Waals surface area contributed by atoms with Crippen LogP contribution in [0.3, 0.4) is 0 Å². The van der Waals surface area contributed by atoms with Gasteiger partial charge in [-0.05, 0) is 37.1 Å². The summed E-state index contributed by atoms with van der Waals surface area (Å²) in [6, 6.07) is 7.52. The van der Waals surface area contributed by atoms with Gasteiger partial charge in [0.05, 0.1) is 7.11 Å². The molecule has 7 nitrogen and oxygen atoms in total. The van der Waals surface area contributed by atoms with E-state index in [0.717, 1.165) is 36.1 Å². The van der Waals surface area contributed by atoms with Crippen molar-refractivity contribution in [3.8, 4) is 5.75 Å². The van der Waals surface area contributed by atoms with Crippen LogP contribution < -0.4 is 15.8 Å². The third-order valence-electron chi connectivity index (χ3n) is 3.94. The Bertz CT molecular complexity index is 676. The summed E-state index contributed by atoms with van der Waals surface area (Å²) in [5, 5.41) is 11.6. The Morgan fingerprint density at radius 1 is 1.26 bits per heavy atom. The van der Waals surface area contributed by atoms with Crippen LogP contribution >= 0.6 is 0 Å². The summed E-state index contributed by atoms with van der Waals surface area (Å²) < 4.78 is 7.30. The number of anilines is 1. The molecule has 2 aromatic rings. The van der Waals surface area contributed by atoms with Crippen LogP contribution in [0.1, 0.15) is 30.9 Å². The minimum atomic E-state index is 0.362. The van der Waals surface area contributed by atoms with Gasteiger partial charge < -0.3 is 20.4 Å². The normalized spacial score (nSPS) is 14.9. The first-order valence-corrected chi connectivity index (χ1v) is 7.88. The highest BCUT2D eigenvalue weighted by Gasteiger charge is 2.14. The molecule has 122 valence electrons. The Morgan fingerprint density at radius 2 is 2.09 bits per heavy atom. The fraction of sp³-hybridized carbons (Fsp3) is 0.438. The Balaban J connectivity index is 1.64. The lowest BCUT2D eigenvalue weighted by Crippen LogP contribution is -2.22. The van der Waals surface area contributed by atoms with Gasteiger partial charge in [0.25, 0.3) is 0 Å². The van der Waals surface area contributed by atoms with Crippen molar-refractivity contribution in [2.75, 3.05) is 12.4 Å². The van der Waals surface area contributed by atoms with Gasteiger partial charge in [-0.1, -0.05) is 6.42 Å². The molecule has 0 saturated heterocycles. The maximum absolute atomic E-state index is 5.95. The summed E-state index contributed by atoms with van der Waals surface area (Å²) in [5.41, 5.74) is 6.82. The number of aromatic nitrogens is 3. The average molecular weight is 314 g/mol. The number of rotatable bonds is 4. The summed E-state index contributed by atoms with van der Waals surface area (Å²) in [7, 11) is 1.64. The van der Waals surface area contributed by atoms with Crippen molar-refractivity contribution in [3.63, 3.8) is 0 Å². The van der Waals surface area contributed by atoms with Gasteiger partial charge in [-0.25, -0.2) is 4.99 Å². The molecule has 0 saturated carbocycles. The maximum Gasteiger partial charge on any atom is 0.193 e. The van der Waals surface area contributed by atoms with E-state index < -0.39 is 0 Å². The largest absolute Gasteiger partial charge is 0.497 e. The van der Waals surface area contributed by atoms with Gasteiger partial charge in [-0.15, -0.1) is 10.2 Å². The predicted molar refractivity (Wildman–Crippen MR) is 89.5 cm³/mol. The molecule has 3 rings (SSSR count). The Kier molecular flexibility index (Phi) is 4.75. The molecule has 3 N–H and O–H groups in total. The van der Waals surface area contributed by atoms with Gasteiger partial charge in [0, 0.05) is 18.7 Å². The molecule has 0 atom stereocenters. The first kappa shape index (κ1) is 15.3. The first-order chi connectivity index (χ1) is 11.3. The topological polar surface area (TPSA) is 90.3 Å². The second-order valence-corrected chi connectivity index (χ2v) is 5.55. The molecule has 0 spiro atoms. The molecule has 0 amide bonds. The van der Waals surface area contributed by atoms with Gasteiger partial charge in [0.15, 0.2) is 11.8 Å². The molecule has 0 bridgehead atoms. The Morgan fingerprint density at radius 3 is 2.87 bits per heavy atom. The van der Waals surface area contributed by atoms with E-state index in [2.05, 4.69) is 25.1 Å². The van der Waals surface area contributed by atoms with Crippen LogP contribution in [-0.4, -0.2) is 27.8 Å². The van der Waals surface area contributed by atoms with Crippen LogP contribution in [0.25, 0.3) is 0 Å². The summed E-state index contributed by atoms with van der Waals surface area (Å²) in [6.45, 7) is 1.40. The number of nitrogens with zero attached hydrogens (tertiary/aromatic N) is 4. The van der Waals surface area contributed by atoms with Crippen LogP contribution in [0, 0.1) is 0 Å². The number of methoxy groups -OCH3 is 1. The molecule has 23 heavy (non-hydrogen) atoms. The fourth-order valence-electron chi connectivity index (χ4n) is 2.68. The monoisotopic (exact) mass is 314 g/mol. The van der Waals surface area contributed by atoms with Crippen molar-refractivity contribution in [2.24, 2.45) is 10.7 Å². The number of nitrogens with two attached hydrogens (primary N) is 1. The lowest BCUT2D eigenvalue weighted by molar-refractivity contribution is 0.415. The second-order valence-electron chi connectivity index (χ2n) is 5.55. The van der Waals surface area contributed by atoms with E-state index in [1.54, 1.807) is 7.11 Å². The zero-order chi connectivity index (χ0) is 16.1. The fourth-order valence-corrected chi connectivity index (χ4v) is 2.68. The van der Waals surface area contributed by atoms with Gasteiger partial charge in [-0.2, -0.15) is 0 Å². The van der Waals surface area contributed by atoms with Crippen LogP contribution in [0.2, 0.25) is 0 Å². The standard InChI is InChI=1S/C16H22N6O/c1-23-13-8-6-12(7-9-13)19-16(17)18-11-15-21-20-14-5-3-2-4-10-22(14)15/h6-9H,2-5,10-11H2,1H3,(H3,17,18,19). The molecular formula is C16H22N6O. The Labute approximate surface area is 135 Å². The second kappa shape index (κ2) is 7.13. The number of benzene rings is 1. The lowest BCUT2D eigenvalue weighted by Gasteiger charge is -2.07. The van der Waals surface area contributed by atoms with Crippen molar-refractivity contribution in [1.82, 2.24) is 14.8 Å². The van der Waals surface area contributed by atoms with Crippen molar-refractivity contribution in [3.05, 3.63) is 35.9 Å². The number of aryl methyl sites for hydroxylation is 1.